The molecule has 0 radical (unpaired) electrons. The molecule has 3 N–H and O–H groups in total. The van der Waals surface area contributed by atoms with Gasteiger partial charge in [-0.1, -0.05) is 25.3 Å². The molecule has 0 bridgehead atoms. The van der Waals surface area contributed by atoms with Gasteiger partial charge in [0.1, 0.15) is 0 Å². The topological polar surface area (TPSA) is 96.2 Å². The van der Waals surface area contributed by atoms with Gasteiger partial charge in [0.25, 0.3) is 0 Å². The molecule has 5 rings (SSSR count). The minimum absolute atomic E-state index is 0.0141. The van der Waals surface area contributed by atoms with Crippen LogP contribution in [0.4, 0.5) is 23.1 Å². The van der Waals surface area contributed by atoms with Crippen LogP contribution in [0.25, 0.3) is 5.65 Å². The number of hydrogen-bond donors (Lipinski definition) is 3. The molecule has 1 fully saturated rings. The van der Waals surface area contributed by atoms with Crippen LogP contribution in [-0.4, -0.2) is 32.0 Å². The number of nitrogens with one attached hydrogen (secondary N) is 3. The molecule has 2 aromatic heterocycles. The van der Waals surface area contributed by atoms with Gasteiger partial charge in [-0.15, -0.1) is 5.10 Å². The first-order valence-electron chi connectivity index (χ1n) is 10.7. The van der Waals surface area contributed by atoms with Gasteiger partial charge in [-0.05, 0) is 50.3 Å². The van der Waals surface area contributed by atoms with Crippen molar-refractivity contribution in [3.63, 3.8) is 0 Å². The quantitative estimate of drug-likeness (QED) is 0.592. The minimum Gasteiger partial charge on any atom is -0.367 e. The predicted molar refractivity (Wildman–Crippen MR) is 117 cm³/mol. The number of fused-ring (bicyclic) bond motifs is 2. The Morgan fingerprint density at radius 1 is 1.23 bits per heavy atom. The zero-order valence-corrected chi connectivity index (χ0v) is 17.4. The summed E-state index contributed by atoms with van der Waals surface area (Å²) in [5, 5.41) is 14.2. The summed E-state index contributed by atoms with van der Waals surface area (Å²) in [5.74, 6) is 1.96. The van der Waals surface area contributed by atoms with Gasteiger partial charge in [0, 0.05) is 30.3 Å². The number of rotatable bonds is 5. The first kappa shape index (κ1) is 18.8. The number of carbonyl (C=O) groups excluding carboxylic acids is 1. The highest BCUT2D eigenvalue weighted by Crippen LogP contribution is 2.39. The van der Waals surface area contributed by atoms with Gasteiger partial charge < -0.3 is 16.0 Å². The lowest BCUT2D eigenvalue weighted by Gasteiger charge is -2.21. The third kappa shape index (κ3) is 3.36. The second-order valence-electron chi connectivity index (χ2n) is 8.83. The van der Waals surface area contributed by atoms with Gasteiger partial charge in [-0.3, -0.25) is 4.79 Å². The van der Waals surface area contributed by atoms with Crippen molar-refractivity contribution in [2.24, 2.45) is 5.92 Å². The lowest BCUT2D eigenvalue weighted by Crippen LogP contribution is -2.26. The number of benzene rings is 1. The van der Waals surface area contributed by atoms with Gasteiger partial charge in [0.15, 0.2) is 11.5 Å². The number of carbonyl (C=O) groups is 1. The van der Waals surface area contributed by atoms with E-state index in [0.29, 0.717) is 17.5 Å². The van der Waals surface area contributed by atoms with Crippen LogP contribution in [0, 0.1) is 5.92 Å². The Kier molecular flexibility index (Phi) is 4.56. The molecule has 1 amide bonds. The standard InChI is InChI=1S/C22H27N7O/c1-22(2)16-9-8-15(12-17(16)26-20(22)30)25-21-27-19-18(23-10-11-29(19)28-21)24-13-14-6-4-3-5-7-14/h8-12,14H,3-7,13H2,1-2H3,(H,23,24)(H,25,28)(H,26,30). The first-order chi connectivity index (χ1) is 14.5. The van der Waals surface area contributed by atoms with Crippen molar-refractivity contribution in [2.75, 3.05) is 22.5 Å². The van der Waals surface area contributed by atoms with Gasteiger partial charge in [0.2, 0.25) is 11.9 Å². The van der Waals surface area contributed by atoms with E-state index in [-0.39, 0.29) is 5.91 Å². The van der Waals surface area contributed by atoms with Crippen molar-refractivity contribution in [1.29, 1.82) is 0 Å². The molecule has 1 aromatic carbocycles. The molecule has 30 heavy (non-hydrogen) atoms. The van der Waals surface area contributed by atoms with E-state index in [4.69, 9.17) is 0 Å². The van der Waals surface area contributed by atoms with Gasteiger partial charge >= 0.3 is 0 Å². The molecule has 3 aromatic rings. The smallest absolute Gasteiger partial charge is 0.247 e. The molecule has 1 aliphatic heterocycles. The molecule has 1 aliphatic carbocycles. The van der Waals surface area contributed by atoms with Crippen LogP contribution in [-0.2, 0) is 10.2 Å². The Bertz CT molecular complexity index is 1100. The number of nitrogens with zero attached hydrogens (tertiary/aromatic N) is 4. The van der Waals surface area contributed by atoms with Crippen molar-refractivity contribution in [2.45, 2.75) is 51.4 Å². The molecule has 8 nitrogen and oxygen atoms in total. The van der Waals surface area contributed by atoms with E-state index >= 15 is 0 Å². The van der Waals surface area contributed by atoms with Crippen LogP contribution in [0.2, 0.25) is 0 Å². The Labute approximate surface area is 175 Å². The fraction of sp³-hybridized carbons (Fsp3) is 0.455. The third-order valence-corrected chi connectivity index (χ3v) is 6.30. The van der Waals surface area contributed by atoms with Gasteiger partial charge in [0.05, 0.1) is 5.41 Å². The van der Waals surface area contributed by atoms with Crippen molar-refractivity contribution in [3.05, 3.63) is 36.2 Å². The summed E-state index contributed by atoms with van der Waals surface area (Å²) in [6.45, 7) is 4.78. The predicted octanol–water partition coefficient (Wildman–Crippen LogP) is 4.09. The van der Waals surface area contributed by atoms with Gasteiger partial charge in [-0.2, -0.15) is 4.98 Å². The van der Waals surface area contributed by atoms with Crippen molar-refractivity contribution < 1.29 is 4.79 Å². The van der Waals surface area contributed by atoms with Crippen molar-refractivity contribution >= 4 is 34.7 Å². The Morgan fingerprint density at radius 3 is 2.90 bits per heavy atom. The molecule has 0 atom stereocenters. The maximum atomic E-state index is 12.2. The van der Waals surface area contributed by atoms with E-state index in [9.17, 15) is 4.79 Å². The van der Waals surface area contributed by atoms with Crippen LogP contribution in [0.1, 0.15) is 51.5 Å². The molecule has 3 heterocycles. The first-order valence-corrected chi connectivity index (χ1v) is 10.7. The maximum absolute atomic E-state index is 12.2. The fourth-order valence-corrected chi connectivity index (χ4v) is 4.43. The molecule has 1 saturated carbocycles. The van der Waals surface area contributed by atoms with Gasteiger partial charge in [-0.25, -0.2) is 9.50 Å². The van der Waals surface area contributed by atoms with E-state index in [2.05, 4.69) is 31.0 Å². The molecule has 0 saturated heterocycles. The Balaban J connectivity index is 1.35. The number of amides is 1. The fourth-order valence-electron chi connectivity index (χ4n) is 4.43. The summed E-state index contributed by atoms with van der Waals surface area (Å²) < 4.78 is 1.73. The zero-order valence-electron chi connectivity index (χ0n) is 17.4. The molecule has 2 aliphatic rings. The highest BCUT2D eigenvalue weighted by molar-refractivity contribution is 6.06. The van der Waals surface area contributed by atoms with E-state index in [1.807, 2.05) is 32.0 Å². The molecule has 156 valence electrons. The van der Waals surface area contributed by atoms with Crippen LogP contribution < -0.4 is 16.0 Å². The zero-order chi connectivity index (χ0) is 20.7. The van der Waals surface area contributed by atoms with E-state index in [1.54, 1.807) is 16.9 Å². The lowest BCUT2D eigenvalue weighted by atomic mass is 9.86. The number of aromatic nitrogens is 4. The average Bonchev–Trinajstić information content (AvgIpc) is 3.25. The normalized spacial score (nSPS) is 18.3. The van der Waals surface area contributed by atoms with Crippen LogP contribution in [0.15, 0.2) is 30.6 Å². The van der Waals surface area contributed by atoms with Crippen molar-refractivity contribution in [3.8, 4) is 0 Å². The van der Waals surface area contributed by atoms with E-state index in [0.717, 1.165) is 29.3 Å². The van der Waals surface area contributed by atoms with E-state index < -0.39 is 5.41 Å². The summed E-state index contributed by atoms with van der Waals surface area (Å²) in [5.41, 5.74) is 2.84. The lowest BCUT2D eigenvalue weighted by molar-refractivity contribution is -0.119. The SMILES string of the molecule is CC1(C)C(=O)Nc2cc(Nc3nc4c(NCC5CCCCC5)nccn4n3)ccc21. The summed E-state index contributed by atoms with van der Waals surface area (Å²) >= 11 is 0. The maximum Gasteiger partial charge on any atom is 0.247 e. The summed E-state index contributed by atoms with van der Waals surface area (Å²) in [4.78, 5) is 21.3. The molecule has 0 unspecified atom stereocenters. The molecular formula is C22H27N7O. The monoisotopic (exact) mass is 405 g/mol. The second-order valence-corrected chi connectivity index (χ2v) is 8.83. The highest BCUT2D eigenvalue weighted by atomic mass is 16.2. The van der Waals surface area contributed by atoms with E-state index in [1.165, 1.54) is 32.1 Å². The molecule has 8 heteroatoms. The summed E-state index contributed by atoms with van der Waals surface area (Å²) in [6.07, 6.45) is 10.1. The minimum atomic E-state index is -0.514. The molecular weight excluding hydrogens is 378 g/mol. The van der Waals surface area contributed by atoms with Crippen LogP contribution in [0.3, 0.4) is 0 Å². The number of anilines is 4. The van der Waals surface area contributed by atoms with Crippen LogP contribution >= 0.6 is 0 Å². The average molecular weight is 406 g/mol. The number of hydrogen-bond acceptors (Lipinski definition) is 6. The Hall–Kier alpha value is -3.16. The summed E-state index contributed by atoms with van der Waals surface area (Å²) in [6, 6.07) is 5.85. The second kappa shape index (κ2) is 7.27. The highest BCUT2D eigenvalue weighted by Gasteiger charge is 2.38. The largest absolute Gasteiger partial charge is 0.367 e. The molecule has 0 spiro atoms. The van der Waals surface area contributed by atoms with Crippen LogP contribution in [0.5, 0.6) is 0 Å². The summed E-state index contributed by atoms with van der Waals surface area (Å²) in [7, 11) is 0. The third-order valence-electron chi connectivity index (χ3n) is 6.30. The Morgan fingerprint density at radius 2 is 2.07 bits per heavy atom. The van der Waals surface area contributed by atoms with Crippen molar-refractivity contribution in [1.82, 2.24) is 19.6 Å².